The predicted molar refractivity (Wildman–Crippen MR) is 74.7 cm³/mol. The van der Waals surface area contributed by atoms with Gasteiger partial charge in [-0.25, -0.2) is 4.98 Å². The van der Waals surface area contributed by atoms with E-state index in [1.807, 2.05) is 32.0 Å². The van der Waals surface area contributed by atoms with Crippen LogP contribution in [0.2, 0.25) is 0 Å². The van der Waals surface area contributed by atoms with Gasteiger partial charge in [0.25, 0.3) is 5.91 Å². The monoisotopic (exact) mass is 256 g/mol. The predicted octanol–water partition coefficient (Wildman–Crippen LogP) is 2.96. The fourth-order valence-corrected chi connectivity index (χ4v) is 1.80. The van der Waals surface area contributed by atoms with Crippen LogP contribution in [0.5, 0.6) is 5.88 Å². The highest BCUT2D eigenvalue weighted by atomic mass is 16.5. The van der Waals surface area contributed by atoms with E-state index in [0.29, 0.717) is 11.6 Å². The van der Waals surface area contributed by atoms with Gasteiger partial charge in [-0.3, -0.25) is 4.79 Å². The van der Waals surface area contributed by atoms with Crippen molar-refractivity contribution in [3.05, 3.63) is 53.2 Å². The van der Waals surface area contributed by atoms with Crippen molar-refractivity contribution in [1.29, 1.82) is 0 Å². The number of amides is 1. The lowest BCUT2D eigenvalue weighted by Crippen LogP contribution is -2.14. The zero-order valence-electron chi connectivity index (χ0n) is 11.2. The molecule has 4 heteroatoms. The molecule has 2 aromatic rings. The summed E-state index contributed by atoms with van der Waals surface area (Å²) in [6, 6.07) is 11.0. The molecule has 0 saturated heterocycles. The van der Waals surface area contributed by atoms with E-state index in [1.54, 1.807) is 18.2 Å². The molecule has 1 heterocycles. The molecule has 0 radical (unpaired) electrons. The number of rotatable bonds is 3. The minimum absolute atomic E-state index is 0.245. The van der Waals surface area contributed by atoms with E-state index in [1.165, 1.54) is 7.11 Å². The second-order valence-corrected chi connectivity index (χ2v) is 4.34. The molecule has 0 unspecified atom stereocenters. The Morgan fingerprint density at radius 2 is 2.00 bits per heavy atom. The van der Waals surface area contributed by atoms with Crippen molar-refractivity contribution in [3.63, 3.8) is 0 Å². The number of aromatic nitrogens is 1. The standard InChI is InChI=1S/C15H16N2O2/c1-10-7-8-12(11(2)9-10)17-15(18)13-5-4-6-14(16-13)19-3/h4-9H,1-3H3,(H,17,18). The van der Waals surface area contributed by atoms with Crippen LogP contribution < -0.4 is 10.1 Å². The molecule has 0 bridgehead atoms. The normalized spacial score (nSPS) is 10.1. The Balaban J connectivity index is 2.20. The Hall–Kier alpha value is -2.36. The van der Waals surface area contributed by atoms with Gasteiger partial charge in [0.15, 0.2) is 0 Å². The highest BCUT2D eigenvalue weighted by Gasteiger charge is 2.10. The molecule has 1 aromatic heterocycles. The number of carbonyl (C=O) groups is 1. The van der Waals surface area contributed by atoms with Crippen molar-refractivity contribution in [2.75, 3.05) is 12.4 Å². The summed E-state index contributed by atoms with van der Waals surface area (Å²) in [5.74, 6) is 0.180. The number of nitrogens with one attached hydrogen (secondary N) is 1. The third-order valence-electron chi connectivity index (χ3n) is 2.80. The summed E-state index contributed by atoms with van der Waals surface area (Å²) in [6.07, 6.45) is 0. The lowest BCUT2D eigenvalue weighted by atomic mass is 10.1. The van der Waals surface area contributed by atoms with E-state index in [9.17, 15) is 4.79 Å². The number of anilines is 1. The first-order valence-electron chi connectivity index (χ1n) is 6.00. The van der Waals surface area contributed by atoms with Crippen molar-refractivity contribution >= 4 is 11.6 Å². The van der Waals surface area contributed by atoms with Crippen LogP contribution in [0, 0.1) is 13.8 Å². The molecule has 0 spiro atoms. The fraction of sp³-hybridized carbons (Fsp3) is 0.200. The molecule has 0 aliphatic rings. The van der Waals surface area contributed by atoms with Crippen LogP contribution in [0.3, 0.4) is 0 Å². The second-order valence-electron chi connectivity index (χ2n) is 4.34. The zero-order chi connectivity index (χ0) is 13.8. The van der Waals surface area contributed by atoms with Crippen molar-refractivity contribution in [2.24, 2.45) is 0 Å². The number of hydrogen-bond donors (Lipinski definition) is 1. The van der Waals surface area contributed by atoms with Crippen molar-refractivity contribution in [3.8, 4) is 5.88 Å². The van der Waals surface area contributed by atoms with Gasteiger partial charge in [-0.2, -0.15) is 0 Å². The minimum Gasteiger partial charge on any atom is -0.481 e. The molecule has 2 rings (SSSR count). The first kappa shape index (κ1) is 13.1. The SMILES string of the molecule is COc1cccc(C(=O)Nc2ccc(C)cc2C)n1. The van der Waals surface area contributed by atoms with Gasteiger partial charge in [-0.1, -0.05) is 23.8 Å². The van der Waals surface area contributed by atoms with Gasteiger partial charge in [0.1, 0.15) is 5.69 Å². The molecule has 1 N–H and O–H groups in total. The average molecular weight is 256 g/mol. The summed E-state index contributed by atoms with van der Waals surface area (Å²) in [5, 5.41) is 2.85. The van der Waals surface area contributed by atoms with Crippen molar-refractivity contribution in [2.45, 2.75) is 13.8 Å². The van der Waals surface area contributed by atoms with E-state index in [0.717, 1.165) is 16.8 Å². The first-order valence-corrected chi connectivity index (χ1v) is 6.00. The summed E-state index contributed by atoms with van der Waals surface area (Å²) >= 11 is 0. The largest absolute Gasteiger partial charge is 0.481 e. The van der Waals surface area contributed by atoms with Crippen LogP contribution in [0.15, 0.2) is 36.4 Å². The Bertz CT molecular complexity index is 609. The van der Waals surface area contributed by atoms with Crippen molar-refractivity contribution < 1.29 is 9.53 Å². The number of hydrogen-bond acceptors (Lipinski definition) is 3. The van der Waals surface area contributed by atoms with Crippen LogP contribution in [0.4, 0.5) is 5.69 Å². The first-order chi connectivity index (χ1) is 9.10. The second kappa shape index (κ2) is 5.52. The van der Waals surface area contributed by atoms with Gasteiger partial charge in [0.05, 0.1) is 7.11 Å². The van der Waals surface area contributed by atoms with Crippen LogP contribution >= 0.6 is 0 Å². The Kier molecular flexibility index (Phi) is 3.80. The maximum Gasteiger partial charge on any atom is 0.274 e. The lowest BCUT2D eigenvalue weighted by Gasteiger charge is -2.09. The van der Waals surface area contributed by atoms with Crippen molar-refractivity contribution in [1.82, 2.24) is 4.98 Å². The molecule has 98 valence electrons. The molecule has 1 amide bonds. The molecule has 0 atom stereocenters. The van der Waals surface area contributed by atoms with Crippen LogP contribution in [-0.4, -0.2) is 18.0 Å². The molecule has 0 aliphatic heterocycles. The molecule has 0 fully saturated rings. The molecule has 0 saturated carbocycles. The van der Waals surface area contributed by atoms with Gasteiger partial charge in [0.2, 0.25) is 5.88 Å². The number of ether oxygens (including phenoxy) is 1. The summed E-state index contributed by atoms with van der Waals surface area (Å²) in [4.78, 5) is 16.2. The van der Waals surface area contributed by atoms with Gasteiger partial charge in [-0.05, 0) is 31.5 Å². The summed E-state index contributed by atoms with van der Waals surface area (Å²) < 4.78 is 5.00. The average Bonchev–Trinajstić information content (AvgIpc) is 2.42. The number of methoxy groups -OCH3 is 1. The van der Waals surface area contributed by atoms with E-state index in [2.05, 4.69) is 10.3 Å². The zero-order valence-corrected chi connectivity index (χ0v) is 11.2. The number of aryl methyl sites for hydroxylation is 2. The van der Waals surface area contributed by atoms with Gasteiger partial charge >= 0.3 is 0 Å². The van der Waals surface area contributed by atoms with Crippen LogP contribution in [0.25, 0.3) is 0 Å². The fourth-order valence-electron chi connectivity index (χ4n) is 1.80. The van der Waals surface area contributed by atoms with Gasteiger partial charge < -0.3 is 10.1 Å². The van der Waals surface area contributed by atoms with E-state index in [4.69, 9.17) is 4.74 Å². The Labute approximate surface area is 112 Å². The van der Waals surface area contributed by atoms with E-state index >= 15 is 0 Å². The molecule has 4 nitrogen and oxygen atoms in total. The molecule has 0 aliphatic carbocycles. The quantitative estimate of drug-likeness (QED) is 0.918. The highest BCUT2D eigenvalue weighted by Crippen LogP contribution is 2.17. The highest BCUT2D eigenvalue weighted by molar-refractivity contribution is 6.03. The molecular formula is C15H16N2O2. The summed E-state index contributed by atoms with van der Waals surface area (Å²) in [7, 11) is 1.52. The van der Waals surface area contributed by atoms with Gasteiger partial charge in [-0.15, -0.1) is 0 Å². The van der Waals surface area contributed by atoms with Crippen LogP contribution in [-0.2, 0) is 0 Å². The number of benzene rings is 1. The minimum atomic E-state index is -0.245. The van der Waals surface area contributed by atoms with Gasteiger partial charge in [0, 0.05) is 11.8 Å². The lowest BCUT2D eigenvalue weighted by molar-refractivity contribution is 0.102. The summed E-state index contributed by atoms with van der Waals surface area (Å²) in [6.45, 7) is 3.98. The third-order valence-corrected chi connectivity index (χ3v) is 2.80. The number of pyridine rings is 1. The summed E-state index contributed by atoms with van der Waals surface area (Å²) in [5.41, 5.74) is 3.31. The van der Waals surface area contributed by atoms with E-state index in [-0.39, 0.29) is 5.91 Å². The van der Waals surface area contributed by atoms with E-state index < -0.39 is 0 Å². The maximum absolute atomic E-state index is 12.1. The van der Waals surface area contributed by atoms with Crippen LogP contribution in [0.1, 0.15) is 21.6 Å². The Morgan fingerprint density at radius 1 is 1.21 bits per heavy atom. The number of nitrogens with zero attached hydrogens (tertiary/aromatic N) is 1. The maximum atomic E-state index is 12.1. The third kappa shape index (κ3) is 3.10. The smallest absolute Gasteiger partial charge is 0.274 e. The molecular weight excluding hydrogens is 240 g/mol. The topological polar surface area (TPSA) is 51.2 Å². The molecule has 1 aromatic carbocycles. The Morgan fingerprint density at radius 3 is 2.68 bits per heavy atom. The number of carbonyl (C=O) groups excluding carboxylic acids is 1. The molecule has 19 heavy (non-hydrogen) atoms.